The van der Waals surface area contributed by atoms with Crippen molar-refractivity contribution in [2.24, 2.45) is 0 Å². The normalized spacial score (nSPS) is 12.0. The average Bonchev–Trinajstić information content (AvgIpc) is 3.05. The minimum absolute atomic E-state index is 1.09. The molecule has 0 fully saturated rings. The molecule has 0 atom stereocenters. The van der Waals surface area contributed by atoms with Crippen molar-refractivity contribution in [3.63, 3.8) is 0 Å². The maximum atomic E-state index is 3.54. The standard InChI is InChI=1S/C18H10NS/c1-3-7-15-11(5-1)13-9-10-14-12-6-2-4-8-16(12)20-18(14)17(13)19-15/h1-6,8-10,19H. The SMILES string of the molecule is [c]1cccc2c1[nH]c1c2ccc2c3ccccc3sc21. The minimum atomic E-state index is 1.09. The van der Waals surface area contributed by atoms with Crippen LogP contribution in [-0.4, -0.2) is 4.98 Å². The van der Waals surface area contributed by atoms with Crippen LogP contribution in [0.2, 0.25) is 0 Å². The second kappa shape index (κ2) is 3.62. The fourth-order valence-electron chi connectivity index (χ4n) is 3.03. The Morgan fingerprint density at radius 2 is 1.65 bits per heavy atom. The molecule has 5 aromatic rings. The molecule has 93 valence electrons. The van der Waals surface area contributed by atoms with Crippen LogP contribution in [0, 0.1) is 6.07 Å². The molecular weight excluding hydrogens is 262 g/mol. The van der Waals surface area contributed by atoms with E-state index in [4.69, 9.17) is 0 Å². The molecule has 2 aromatic heterocycles. The molecule has 2 heterocycles. The summed E-state index contributed by atoms with van der Waals surface area (Å²) >= 11 is 1.86. The lowest BCUT2D eigenvalue weighted by molar-refractivity contribution is 1.56. The summed E-state index contributed by atoms with van der Waals surface area (Å²) in [6.07, 6.45) is 0. The zero-order valence-corrected chi connectivity index (χ0v) is 11.4. The van der Waals surface area contributed by atoms with E-state index in [1.807, 2.05) is 23.5 Å². The van der Waals surface area contributed by atoms with E-state index < -0.39 is 0 Å². The average molecular weight is 272 g/mol. The van der Waals surface area contributed by atoms with E-state index in [2.05, 4.69) is 53.5 Å². The second-order valence-corrected chi connectivity index (χ2v) is 6.10. The van der Waals surface area contributed by atoms with Crippen molar-refractivity contribution in [2.75, 3.05) is 0 Å². The lowest BCUT2D eigenvalue weighted by Crippen LogP contribution is -1.69. The van der Waals surface area contributed by atoms with Crippen LogP contribution in [-0.2, 0) is 0 Å². The highest BCUT2D eigenvalue weighted by molar-refractivity contribution is 7.26. The van der Waals surface area contributed by atoms with Crippen molar-refractivity contribution >= 4 is 53.3 Å². The third-order valence-electron chi connectivity index (χ3n) is 3.94. The van der Waals surface area contributed by atoms with Crippen LogP contribution < -0.4 is 0 Å². The predicted octanol–water partition coefficient (Wildman–Crippen LogP) is 5.49. The quantitative estimate of drug-likeness (QED) is 0.383. The predicted molar refractivity (Wildman–Crippen MR) is 87.5 cm³/mol. The van der Waals surface area contributed by atoms with Gasteiger partial charge in [-0.1, -0.05) is 48.5 Å². The van der Waals surface area contributed by atoms with E-state index in [9.17, 15) is 0 Å². The van der Waals surface area contributed by atoms with Gasteiger partial charge in [0, 0.05) is 32.3 Å². The molecule has 0 saturated carbocycles. The zero-order valence-electron chi connectivity index (χ0n) is 10.6. The van der Waals surface area contributed by atoms with Gasteiger partial charge in [-0.25, -0.2) is 0 Å². The summed E-state index contributed by atoms with van der Waals surface area (Å²) in [5, 5.41) is 5.22. The molecule has 1 N–H and O–H groups in total. The Morgan fingerprint density at radius 1 is 0.800 bits per heavy atom. The van der Waals surface area contributed by atoms with Crippen molar-refractivity contribution in [1.29, 1.82) is 0 Å². The summed E-state index contributed by atoms with van der Waals surface area (Å²) in [5.74, 6) is 0. The number of H-pyrrole nitrogens is 1. The van der Waals surface area contributed by atoms with Crippen molar-refractivity contribution in [3.05, 3.63) is 60.7 Å². The van der Waals surface area contributed by atoms with Gasteiger partial charge in [0.2, 0.25) is 0 Å². The number of para-hydroxylation sites is 1. The van der Waals surface area contributed by atoms with Gasteiger partial charge in [-0.15, -0.1) is 11.3 Å². The summed E-state index contributed by atoms with van der Waals surface area (Å²) in [6, 6.07) is 22.5. The van der Waals surface area contributed by atoms with Gasteiger partial charge in [0.15, 0.2) is 0 Å². The highest BCUT2D eigenvalue weighted by Crippen LogP contribution is 2.39. The Balaban J connectivity index is 2.10. The number of fused-ring (bicyclic) bond motifs is 7. The van der Waals surface area contributed by atoms with Gasteiger partial charge in [-0.05, 0) is 6.07 Å². The maximum absolute atomic E-state index is 3.54. The highest BCUT2D eigenvalue weighted by Gasteiger charge is 2.11. The topological polar surface area (TPSA) is 15.8 Å². The highest BCUT2D eigenvalue weighted by atomic mass is 32.1. The van der Waals surface area contributed by atoms with Gasteiger partial charge in [0.25, 0.3) is 0 Å². The third-order valence-corrected chi connectivity index (χ3v) is 5.15. The van der Waals surface area contributed by atoms with E-state index in [1.54, 1.807) is 0 Å². The van der Waals surface area contributed by atoms with Crippen molar-refractivity contribution < 1.29 is 0 Å². The molecular formula is C18H10NS. The number of hydrogen-bond acceptors (Lipinski definition) is 1. The molecule has 0 aliphatic rings. The summed E-state index contributed by atoms with van der Waals surface area (Å²) in [4.78, 5) is 3.54. The van der Waals surface area contributed by atoms with Gasteiger partial charge in [-0.2, -0.15) is 0 Å². The third kappa shape index (κ3) is 1.22. The lowest BCUT2D eigenvalue weighted by atomic mass is 10.1. The molecule has 0 amide bonds. The van der Waals surface area contributed by atoms with Crippen LogP contribution in [0.25, 0.3) is 42.0 Å². The van der Waals surface area contributed by atoms with Gasteiger partial charge in [0.05, 0.1) is 15.7 Å². The molecule has 1 nitrogen and oxygen atoms in total. The molecule has 0 unspecified atom stereocenters. The Kier molecular flexibility index (Phi) is 1.89. The van der Waals surface area contributed by atoms with Crippen LogP contribution in [0.3, 0.4) is 0 Å². The molecule has 0 bridgehead atoms. The van der Waals surface area contributed by atoms with E-state index in [-0.39, 0.29) is 0 Å². The van der Waals surface area contributed by atoms with Gasteiger partial charge < -0.3 is 4.98 Å². The summed E-state index contributed by atoms with van der Waals surface area (Å²) in [5.41, 5.74) is 2.33. The van der Waals surface area contributed by atoms with E-state index in [1.165, 1.54) is 36.5 Å². The summed E-state index contributed by atoms with van der Waals surface area (Å²) in [6.45, 7) is 0. The fourth-order valence-corrected chi connectivity index (χ4v) is 4.23. The van der Waals surface area contributed by atoms with Gasteiger partial charge in [0.1, 0.15) is 0 Å². The van der Waals surface area contributed by atoms with E-state index >= 15 is 0 Å². The number of aromatic amines is 1. The molecule has 1 radical (unpaired) electrons. The van der Waals surface area contributed by atoms with E-state index in [0.29, 0.717) is 0 Å². The summed E-state index contributed by atoms with van der Waals surface area (Å²) in [7, 11) is 0. The second-order valence-electron chi connectivity index (χ2n) is 5.05. The Morgan fingerprint density at radius 3 is 2.65 bits per heavy atom. The Hall–Kier alpha value is -2.32. The van der Waals surface area contributed by atoms with Gasteiger partial charge >= 0.3 is 0 Å². The van der Waals surface area contributed by atoms with Crippen LogP contribution >= 0.6 is 11.3 Å². The van der Waals surface area contributed by atoms with Crippen molar-refractivity contribution in [2.45, 2.75) is 0 Å². The largest absolute Gasteiger partial charge is 0.353 e. The van der Waals surface area contributed by atoms with Crippen molar-refractivity contribution in [3.8, 4) is 0 Å². The molecule has 0 saturated heterocycles. The number of hydrogen-bond donors (Lipinski definition) is 1. The Bertz CT molecular complexity index is 1010. The molecule has 2 heteroatoms. The minimum Gasteiger partial charge on any atom is -0.353 e. The summed E-state index contributed by atoms with van der Waals surface area (Å²) < 4.78 is 2.69. The number of thiophene rings is 1. The monoisotopic (exact) mass is 272 g/mol. The van der Waals surface area contributed by atoms with Crippen LogP contribution in [0.15, 0.2) is 54.6 Å². The number of aromatic nitrogens is 1. The molecule has 3 aromatic carbocycles. The zero-order chi connectivity index (χ0) is 13.1. The first-order valence-corrected chi connectivity index (χ1v) is 7.46. The molecule has 20 heavy (non-hydrogen) atoms. The van der Waals surface area contributed by atoms with Crippen LogP contribution in [0.4, 0.5) is 0 Å². The first kappa shape index (κ1) is 10.5. The first-order valence-electron chi connectivity index (χ1n) is 6.64. The van der Waals surface area contributed by atoms with E-state index in [0.717, 1.165) is 5.52 Å². The molecule has 0 aliphatic carbocycles. The fraction of sp³-hybridized carbons (Fsp3) is 0. The van der Waals surface area contributed by atoms with Crippen molar-refractivity contribution in [1.82, 2.24) is 4.98 Å². The first-order chi connectivity index (χ1) is 9.92. The molecule has 5 rings (SSSR count). The number of benzene rings is 3. The molecule has 0 spiro atoms. The smallest absolute Gasteiger partial charge is 0.0646 e. The van der Waals surface area contributed by atoms with Crippen LogP contribution in [0.1, 0.15) is 0 Å². The number of rotatable bonds is 0. The maximum Gasteiger partial charge on any atom is 0.0646 e. The lowest BCUT2D eigenvalue weighted by Gasteiger charge is -1.93. The molecule has 0 aliphatic heterocycles. The number of nitrogens with one attached hydrogen (secondary N) is 1. The Labute approximate surface area is 119 Å². The van der Waals surface area contributed by atoms with Crippen LogP contribution in [0.5, 0.6) is 0 Å². The van der Waals surface area contributed by atoms with Gasteiger partial charge in [-0.3, -0.25) is 0 Å².